The van der Waals surface area contributed by atoms with Crippen LogP contribution in [0.3, 0.4) is 0 Å². The molecule has 4 heteroatoms. The van der Waals surface area contributed by atoms with Gasteiger partial charge in [-0.15, -0.1) is 36.4 Å². The predicted molar refractivity (Wildman–Crippen MR) is 31.8 cm³/mol. The van der Waals surface area contributed by atoms with Crippen LogP contribution in [0.4, 0.5) is 0 Å². The van der Waals surface area contributed by atoms with Crippen molar-refractivity contribution < 1.29 is 23.1 Å². The van der Waals surface area contributed by atoms with Crippen molar-refractivity contribution in [3.63, 3.8) is 0 Å². The number of halogens is 2. The van der Waals surface area contributed by atoms with Crippen molar-refractivity contribution >= 4 is 59.4 Å². The average molecular weight is 199 g/mol. The first-order valence-corrected chi connectivity index (χ1v) is 0. The van der Waals surface area contributed by atoms with Crippen molar-refractivity contribution in [3.8, 4) is 0 Å². The first-order valence-electron chi connectivity index (χ1n) is 0. The standard InChI is InChI=1S/ClH.HI.Li.Mg.3H/h2*1H;;;;;/q;;+1;+2;3*-1. The first kappa shape index (κ1) is 32.6. The van der Waals surface area contributed by atoms with Crippen LogP contribution < -0.4 is 18.9 Å². The molecule has 0 aliphatic rings. The molecule has 22 valence electrons. The Balaban J connectivity index is 0. The molecule has 0 nitrogen and oxygen atoms in total. The molecule has 0 saturated heterocycles. The molecule has 0 N–H and O–H groups in total. The minimum Gasteiger partial charge on any atom is -1.00 e. The quantitative estimate of drug-likeness (QED) is 0.312. The molecule has 0 spiro atoms. The van der Waals surface area contributed by atoms with E-state index in [0.29, 0.717) is 0 Å². The van der Waals surface area contributed by atoms with Crippen molar-refractivity contribution in [2.45, 2.75) is 0 Å². The molecule has 0 fully saturated rings. The third-order valence-corrected chi connectivity index (χ3v) is 0. The van der Waals surface area contributed by atoms with Crippen molar-refractivity contribution in [2.24, 2.45) is 0 Å². The molecular weight excluding hydrogens is 194 g/mol. The summed E-state index contributed by atoms with van der Waals surface area (Å²) < 4.78 is 0. The molecule has 4 heavy (non-hydrogen) atoms. The zero-order valence-corrected chi connectivity index (χ0v) is 7.08. The maximum atomic E-state index is 0. The van der Waals surface area contributed by atoms with Crippen LogP contribution in [0.1, 0.15) is 4.28 Å². The Labute approximate surface area is 81.7 Å². The molecular formula is H5ClILiMg. The minimum absolute atomic E-state index is 0. The van der Waals surface area contributed by atoms with Crippen molar-refractivity contribution in [1.82, 2.24) is 0 Å². The second kappa shape index (κ2) is 18.2. The first-order chi connectivity index (χ1) is 0. The molecule has 0 radical (unpaired) electrons. The Hall–Kier alpha value is 2.38. The van der Waals surface area contributed by atoms with Crippen LogP contribution >= 0.6 is 36.4 Å². The molecule has 0 aromatic rings. The van der Waals surface area contributed by atoms with Crippen LogP contribution in [0.25, 0.3) is 0 Å². The van der Waals surface area contributed by atoms with Gasteiger partial charge in [0.05, 0.1) is 0 Å². The van der Waals surface area contributed by atoms with Crippen LogP contribution in [0.15, 0.2) is 0 Å². The molecule has 0 aromatic heterocycles. The summed E-state index contributed by atoms with van der Waals surface area (Å²) in [6.07, 6.45) is 0. The average Bonchev–Trinajstić information content (AvgIpc) is 0. The molecule has 0 rings (SSSR count). The van der Waals surface area contributed by atoms with Crippen molar-refractivity contribution in [3.05, 3.63) is 0 Å². The molecule has 0 amide bonds. The Bertz CT molecular complexity index is 14.9. The summed E-state index contributed by atoms with van der Waals surface area (Å²) in [5.41, 5.74) is 0. The summed E-state index contributed by atoms with van der Waals surface area (Å²) in [6.45, 7) is 0. The van der Waals surface area contributed by atoms with Gasteiger partial charge in [0.1, 0.15) is 0 Å². The fourth-order valence-electron chi connectivity index (χ4n) is 0. The Morgan fingerprint density at radius 2 is 1.25 bits per heavy atom. The SMILES string of the molecule is Cl.I.[H-].[H-].[H-].[Li+].[Mg+2]. The number of hydrogen-bond acceptors (Lipinski definition) is 0. The van der Waals surface area contributed by atoms with E-state index in [1.807, 2.05) is 0 Å². The summed E-state index contributed by atoms with van der Waals surface area (Å²) >= 11 is 0. The van der Waals surface area contributed by atoms with E-state index in [0.717, 1.165) is 0 Å². The van der Waals surface area contributed by atoms with Crippen LogP contribution in [-0.4, -0.2) is 23.1 Å². The van der Waals surface area contributed by atoms with E-state index in [4.69, 9.17) is 0 Å². The van der Waals surface area contributed by atoms with Crippen LogP contribution in [-0.2, 0) is 0 Å². The summed E-state index contributed by atoms with van der Waals surface area (Å²) in [5.74, 6) is 0. The van der Waals surface area contributed by atoms with Gasteiger partial charge in [0.15, 0.2) is 0 Å². The Morgan fingerprint density at radius 3 is 1.25 bits per heavy atom. The number of hydrogen-bond donors (Lipinski definition) is 0. The van der Waals surface area contributed by atoms with Crippen molar-refractivity contribution in [2.75, 3.05) is 0 Å². The third-order valence-electron chi connectivity index (χ3n) is 0. The molecule has 0 saturated carbocycles. The van der Waals surface area contributed by atoms with Crippen molar-refractivity contribution in [1.29, 1.82) is 0 Å². The monoisotopic (exact) mass is 198 g/mol. The van der Waals surface area contributed by atoms with Crippen LogP contribution in [0, 0.1) is 0 Å². The fraction of sp³-hybridized carbons (Fsp3) is 0. The smallest absolute Gasteiger partial charge is 1.00 e. The summed E-state index contributed by atoms with van der Waals surface area (Å²) in [6, 6.07) is 0. The van der Waals surface area contributed by atoms with Gasteiger partial charge in [-0.25, -0.2) is 0 Å². The Morgan fingerprint density at radius 1 is 1.25 bits per heavy atom. The molecule has 0 aliphatic carbocycles. The van der Waals surface area contributed by atoms with Crippen LogP contribution in [0.5, 0.6) is 0 Å². The van der Waals surface area contributed by atoms with Gasteiger partial charge < -0.3 is 4.28 Å². The van der Waals surface area contributed by atoms with Gasteiger partial charge in [0, 0.05) is 0 Å². The van der Waals surface area contributed by atoms with Crippen LogP contribution in [0.2, 0.25) is 0 Å². The minimum atomic E-state index is 0. The molecule has 0 atom stereocenters. The van der Waals surface area contributed by atoms with Gasteiger partial charge in [-0.3, -0.25) is 0 Å². The molecule has 0 aromatic carbocycles. The predicted octanol–water partition coefficient (Wildman–Crippen LogP) is -2.00. The van der Waals surface area contributed by atoms with Gasteiger partial charge in [0.2, 0.25) is 0 Å². The normalized spacial score (nSPS) is 0. The topological polar surface area (TPSA) is 0 Å². The molecule has 0 aliphatic heterocycles. The largest absolute Gasteiger partial charge is 2.00 e. The second-order valence-electron chi connectivity index (χ2n) is 0. The van der Waals surface area contributed by atoms with Gasteiger partial charge in [0.25, 0.3) is 0 Å². The van der Waals surface area contributed by atoms with Gasteiger partial charge in [-0.2, -0.15) is 0 Å². The van der Waals surface area contributed by atoms with E-state index in [2.05, 4.69) is 0 Å². The maximum Gasteiger partial charge on any atom is 2.00 e. The Kier molecular flexibility index (Phi) is 148. The number of rotatable bonds is 0. The fourth-order valence-corrected chi connectivity index (χ4v) is 0. The molecule has 0 bridgehead atoms. The maximum absolute atomic E-state index is 0. The molecule has 0 heterocycles. The summed E-state index contributed by atoms with van der Waals surface area (Å²) in [7, 11) is 0. The zero-order chi connectivity index (χ0) is 0. The van der Waals surface area contributed by atoms with E-state index in [-0.39, 0.29) is 82.6 Å². The van der Waals surface area contributed by atoms with E-state index in [9.17, 15) is 0 Å². The van der Waals surface area contributed by atoms with Gasteiger partial charge in [-0.05, 0) is 0 Å². The molecule has 0 unspecified atom stereocenters. The third kappa shape index (κ3) is 8.83. The van der Waals surface area contributed by atoms with E-state index in [1.165, 1.54) is 0 Å². The summed E-state index contributed by atoms with van der Waals surface area (Å²) in [4.78, 5) is 0. The second-order valence-corrected chi connectivity index (χ2v) is 0. The van der Waals surface area contributed by atoms with Gasteiger partial charge >= 0.3 is 41.9 Å². The van der Waals surface area contributed by atoms with E-state index >= 15 is 0 Å². The van der Waals surface area contributed by atoms with E-state index < -0.39 is 0 Å². The van der Waals surface area contributed by atoms with E-state index in [1.54, 1.807) is 0 Å². The zero-order valence-electron chi connectivity index (χ0n) is 5.52. The van der Waals surface area contributed by atoms with Gasteiger partial charge in [-0.1, -0.05) is 0 Å². The summed E-state index contributed by atoms with van der Waals surface area (Å²) in [5, 5.41) is 0.